The molecule has 5 nitrogen and oxygen atoms in total. The summed E-state index contributed by atoms with van der Waals surface area (Å²) >= 11 is 6.49. The number of rotatable bonds is 6. The van der Waals surface area contributed by atoms with E-state index in [1.54, 1.807) is 18.4 Å². The van der Waals surface area contributed by atoms with Crippen molar-refractivity contribution in [3.05, 3.63) is 15.5 Å². The van der Waals surface area contributed by atoms with E-state index in [1.165, 1.54) is 0 Å². The number of aromatic nitrogens is 3. The van der Waals surface area contributed by atoms with Gasteiger partial charge in [-0.15, -0.1) is 16.4 Å². The Morgan fingerprint density at radius 2 is 2.28 bits per heavy atom. The minimum absolute atomic E-state index is 0.291. The number of aromatic amines is 1. The third kappa shape index (κ3) is 3.04. The van der Waals surface area contributed by atoms with Gasteiger partial charge in [0.15, 0.2) is 0 Å². The van der Waals surface area contributed by atoms with Crippen molar-refractivity contribution < 1.29 is 9.15 Å². The van der Waals surface area contributed by atoms with Crippen LogP contribution in [-0.4, -0.2) is 28.9 Å². The fourth-order valence-electron chi connectivity index (χ4n) is 1.60. The third-order valence-corrected chi connectivity index (χ3v) is 3.70. The van der Waals surface area contributed by atoms with E-state index in [1.807, 2.05) is 0 Å². The lowest BCUT2D eigenvalue weighted by Crippen LogP contribution is -1.94. The van der Waals surface area contributed by atoms with Gasteiger partial charge in [-0.3, -0.25) is 0 Å². The van der Waals surface area contributed by atoms with Gasteiger partial charge in [0, 0.05) is 13.5 Å². The van der Waals surface area contributed by atoms with E-state index in [2.05, 4.69) is 22.1 Å². The number of thiazole rings is 1. The van der Waals surface area contributed by atoms with Crippen molar-refractivity contribution in [2.45, 2.75) is 26.2 Å². The smallest absolute Gasteiger partial charge is 0.284 e. The van der Waals surface area contributed by atoms with Crippen molar-refractivity contribution in [1.29, 1.82) is 0 Å². The van der Waals surface area contributed by atoms with Gasteiger partial charge in [-0.05, 0) is 18.6 Å². The highest BCUT2D eigenvalue weighted by Gasteiger charge is 2.16. The van der Waals surface area contributed by atoms with Crippen molar-refractivity contribution in [1.82, 2.24) is 15.2 Å². The van der Waals surface area contributed by atoms with Gasteiger partial charge in [0.2, 0.25) is 0 Å². The molecule has 0 aromatic carbocycles. The summed E-state index contributed by atoms with van der Waals surface area (Å²) in [5.41, 5.74) is 1.03. The van der Waals surface area contributed by atoms with Crippen LogP contribution in [0, 0.1) is 4.84 Å². The average Bonchev–Trinajstić information content (AvgIpc) is 2.93. The first-order chi connectivity index (χ1) is 8.74. The van der Waals surface area contributed by atoms with Gasteiger partial charge < -0.3 is 9.15 Å². The number of hydrogen-bond acceptors (Lipinski definition) is 6. The van der Waals surface area contributed by atoms with E-state index in [0.29, 0.717) is 17.3 Å². The van der Waals surface area contributed by atoms with Crippen LogP contribution >= 0.6 is 23.6 Å². The minimum atomic E-state index is 0.291. The van der Waals surface area contributed by atoms with E-state index in [4.69, 9.17) is 21.4 Å². The van der Waals surface area contributed by atoms with E-state index >= 15 is 0 Å². The highest BCUT2D eigenvalue weighted by Crippen LogP contribution is 2.30. The molecule has 0 amide bonds. The van der Waals surface area contributed by atoms with Gasteiger partial charge >= 0.3 is 0 Å². The highest BCUT2D eigenvalue weighted by atomic mass is 32.1. The number of nitrogens with zero attached hydrogens (tertiary/aromatic N) is 2. The number of aryl methyl sites for hydroxylation is 1. The van der Waals surface area contributed by atoms with Crippen molar-refractivity contribution in [3.63, 3.8) is 0 Å². The van der Waals surface area contributed by atoms with Crippen LogP contribution in [0.2, 0.25) is 0 Å². The van der Waals surface area contributed by atoms with Crippen LogP contribution in [-0.2, 0) is 17.6 Å². The average molecular weight is 285 g/mol. The quantitative estimate of drug-likeness (QED) is 0.827. The maximum atomic E-state index is 5.36. The molecule has 0 spiro atoms. The van der Waals surface area contributed by atoms with Crippen LogP contribution in [0.4, 0.5) is 0 Å². The molecular weight excluding hydrogens is 270 g/mol. The lowest BCUT2D eigenvalue weighted by atomic mass is 10.2. The zero-order valence-electron chi connectivity index (χ0n) is 10.4. The largest absolute Gasteiger partial charge is 0.408 e. The molecule has 0 radical (unpaired) electrons. The van der Waals surface area contributed by atoms with Gasteiger partial charge in [-0.2, -0.15) is 0 Å². The molecule has 2 aromatic rings. The zero-order valence-corrected chi connectivity index (χ0v) is 12.0. The van der Waals surface area contributed by atoms with Crippen molar-refractivity contribution in [2.75, 3.05) is 13.7 Å². The molecule has 0 atom stereocenters. The summed E-state index contributed by atoms with van der Waals surface area (Å²) in [6, 6.07) is 0. The molecule has 0 fully saturated rings. The predicted molar refractivity (Wildman–Crippen MR) is 72.4 cm³/mol. The van der Waals surface area contributed by atoms with Gasteiger partial charge in [-0.25, -0.2) is 10.1 Å². The van der Waals surface area contributed by atoms with Crippen molar-refractivity contribution in [3.8, 4) is 10.8 Å². The van der Waals surface area contributed by atoms with Crippen molar-refractivity contribution >= 4 is 23.6 Å². The number of H-pyrrole nitrogens is 1. The lowest BCUT2D eigenvalue weighted by Gasteiger charge is -1.94. The maximum absolute atomic E-state index is 5.36. The molecule has 0 unspecified atom stereocenters. The number of methoxy groups -OCH3 is 1. The Kier molecular flexibility index (Phi) is 4.62. The molecule has 98 valence electrons. The molecule has 2 rings (SSSR count). The number of hydrogen-bond donors (Lipinski definition) is 1. The van der Waals surface area contributed by atoms with Crippen LogP contribution in [0.5, 0.6) is 0 Å². The first kappa shape index (κ1) is 13.4. The molecule has 18 heavy (non-hydrogen) atoms. The normalized spacial score (nSPS) is 11.0. The molecule has 0 aliphatic carbocycles. The Hall–Kier alpha value is -1.05. The van der Waals surface area contributed by atoms with Crippen molar-refractivity contribution in [2.24, 2.45) is 0 Å². The SMILES string of the molecule is CCCc1nc(CCOC)sc1-c1n[nH]c(=S)o1. The Bertz CT molecular complexity index is 559. The van der Waals surface area contributed by atoms with Crippen LogP contribution in [0.3, 0.4) is 0 Å². The summed E-state index contributed by atoms with van der Waals surface area (Å²) in [5, 5.41) is 7.75. The molecule has 0 bridgehead atoms. The first-order valence-electron chi connectivity index (χ1n) is 5.78. The summed E-state index contributed by atoms with van der Waals surface area (Å²) in [7, 11) is 1.69. The predicted octanol–water partition coefficient (Wildman–Crippen LogP) is 3.00. The Morgan fingerprint density at radius 3 is 2.89 bits per heavy atom. The fourth-order valence-corrected chi connectivity index (χ4v) is 2.74. The summed E-state index contributed by atoms with van der Waals surface area (Å²) in [4.78, 5) is 5.87. The molecular formula is C11H15N3O2S2. The summed E-state index contributed by atoms with van der Waals surface area (Å²) in [6.45, 7) is 2.79. The van der Waals surface area contributed by atoms with Crippen LogP contribution in [0.1, 0.15) is 24.0 Å². The molecule has 0 saturated heterocycles. The second-order valence-corrected chi connectivity index (χ2v) is 5.25. The second kappa shape index (κ2) is 6.21. The Labute approximate surface area is 114 Å². The molecule has 7 heteroatoms. The molecule has 1 N–H and O–H groups in total. The maximum Gasteiger partial charge on any atom is 0.284 e. The number of nitrogens with one attached hydrogen (secondary N) is 1. The summed E-state index contributed by atoms with van der Waals surface area (Å²) in [6.07, 6.45) is 2.75. The van der Waals surface area contributed by atoms with Gasteiger partial charge in [0.25, 0.3) is 10.7 Å². The van der Waals surface area contributed by atoms with E-state index in [-0.39, 0.29) is 0 Å². The lowest BCUT2D eigenvalue weighted by molar-refractivity contribution is 0.202. The minimum Gasteiger partial charge on any atom is -0.408 e. The third-order valence-electron chi connectivity index (χ3n) is 2.38. The molecule has 2 heterocycles. The van der Waals surface area contributed by atoms with Gasteiger partial charge in [-0.1, -0.05) is 13.3 Å². The first-order valence-corrected chi connectivity index (χ1v) is 7.00. The topological polar surface area (TPSA) is 63.9 Å². The highest BCUT2D eigenvalue weighted by molar-refractivity contribution is 7.71. The zero-order chi connectivity index (χ0) is 13.0. The second-order valence-electron chi connectivity index (χ2n) is 3.79. The Balaban J connectivity index is 2.31. The van der Waals surface area contributed by atoms with Crippen LogP contribution in [0.15, 0.2) is 4.42 Å². The van der Waals surface area contributed by atoms with Gasteiger partial charge in [0.05, 0.1) is 17.3 Å². The van der Waals surface area contributed by atoms with Gasteiger partial charge in [0.1, 0.15) is 4.88 Å². The van der Waals surface area contributed by atoms with Crippen LogP contribution in [0.25, 0.3) is 10.8 Å². The van der Waals surface area contributed by atoms with E-state index in [0.717, 1.165) is 34.8 Å². The molecule has 0 aliphatic heterocycles. The molecule has 0 aliphatic rings. The Morgan fingerprint density at radius 1 is 1.44 bits per heavy atom. The van der Waals surface area contributed by atoms with E-state index in [9.17, 15) is 0 Å². The monoisotopic (exact) mass is 285 g/mol. The number of ether oxygens (including phenoxy) is 1. The summed E-state index contributed by atoms with van der Waals surface area (Å²) < 4.78 is 10.4. The van der Waals surface area contributed by atoms with E-state index < -0.39 is 0 Å². The van der Waals surface area contributed by atoms with Crippen LogP contribution < -0.4 is 0 Å². The summed E-state index contributed by atoms with van der Waals surface area (Å²) in [5.74, 6) is 0.532. The standard InChI is InChI=1S/C11H15N3O2S2/c1-3-4-7-9(10-13-14-11(17)16-10)18-8(12-7)5-6-15-2/h3-6H2,1-2H3,(H,14,17). The fraction of sp³-hybridized carbons (Fsp3) is 0.545. The molecule has 2 aromatic heterocycles. The molecule has 0 saturated carbocycles.